The Morgan fingerprint density at radius 2 is 0.789 bits per heavy atom. The van der Waals surface area contributed by atoms with Crippen LogP contribution >= 0.6 is 0 Å². The number of hydrogen-bond donors (Lipinski definition) is 2. The lowest BCUT2D eigenvalue weighted by Gasteiger charge is -2.11. The van der Waals surface area contributed by atoms with E-state index in [0.29, 0.717) is 46.5 Å². The van der Waals surface area contributed by atoms with E-state index in [1.807, 2.05) is 12.1 Å². The second-order valence-corrected chi connectivity index (χ2v) is 8.78. The number of nitrogens with one attached hydrogen (secondary N) is 2. The van der Waals surface area contributed by atoms with Crippen molar-refractivity contribution in [1.29, 1.82) is 0 Å². The van der Waals surface area contributed by atoms with Gasteiger partial charge in [-0.25, -0.2) is 0 Å². The predicted octanol–water partition coefficient (Wildman–Crippen LogP) is 6.29. The molecule has 0 atom stereocenters. The Bertz CT molecular complexity index is 1320. The summed E-state index contributed by atoms with van der Waals surface area (Å²) in [5.41, 5.74) is 2.87. The number of para-hydroxylation sites is 2. The van der Waals surface area contributed by atoms with E-state index in [1.54, 1.807) is 97.1 Å². The van der Waals surface area contributed by atoms with Gasteiger partial charge in [0, 0.05) is 35.1 Å². The maximum absolute atomic E-state index is 12.9. The highest BCUT2D eigenvalue weighted by atomic mass is 16.2. The molecule has 0 saturated heterocycles. The molecule has 6 nitrogen and oxygen atoms in total. The number of carbonyl (C=O) groups excluding carboxylic acids is 4. The lowest BCUT2D eigenvalue weighted by molar-refractivity contribution is -0.118. The molecule has 0 bridgehead atoms. The molecule has 2 N–H and O–H groups in total. The van der Waals surface area contributed by atoms with Gasteiger partial charge >= 0.3 is 0 Å². The third-order valence-corrected chi connectivity index (χ3v) is 6.02. The molecule has 2 amide bonds. The van der Waals surface area contributed by atoms with Crippen molar-refractivity contribution in [2.75, 3.05) is 10.6 Å². The SMILES string of the molecule is O=C(CCCCC(=O)Nc1ccccc1C(=O)c1ccccc1)Nc1ccccc1C(=O)c1ccccc1. The Labute approximate surface area is 221 Å². The molecular weight excluding hydrogens is 476 g/mol. The van der Waals surface area contributed by atoms with E-state index in [9.17, 15) is 19.2 Å². The molecule has 4 aromatic rings. The molecule has 0 heterocycles. The number of hydrogen-bond acceptors (Lipinski definition) is 4. The fourth-order valence-corrected chi connectivity index (χ4v) is 4.07. The van der Waals surface area contributed by atoms with Gasteiger partial charge < -0.3 is 10.6 Å². The maximum Gasteiger partial charge on any atom is 0.224 e. The largest absolute Gasteiger partial charge is 0.325 e. The third kappa shape index (κ3) is 6.89. The first-order chi connectivity index (χ1) is 18.5. The van der Waals surface area contributed by atoms with Crippen LogP contribution < -0.4 is 10.6 Å². The summed E-state index contributed by atoms with van der Waals surface area (Å²) in [4.78, 5) is 50.8. The third-order valence-electron chi connectivity index (χ3n) is 6.02. The molecule has 4 rings (SSSR count). The Kier molecular flexibility index (Phi) is 8.92. The molecule has 0 aromatic heterocycles. The van der Waals surface area contributed by atoms with Crippen LogP contribution in [-0.2, 0) is 9.59 Å². The zero-order valence-corrected chi connectivity index (χ0v) is 20.9. The first-order valence-electron chi connectivity index (χ1n) is 12.5. The van der Waals surface area contributed by atoms with Crippen molar-refractivity contribution in [2.24, 2.45) is 0 Å². The topological polar surface area (TPSA) is 92.3 Å². The average Bonchev–Trinajstić information content (AvgIpc) is 2.96. The van der Waals surface area contributed by atoms with Gasteiger partial charge in [0.05, 0.1) is 11.4 Å². The van der Waals surface area contributed by atoms with E-state index in [2.05, 4.69) is 10.6 Å². The highest BCUT2D eigenvalue weighted by Crippen LogP contribution is 2.21. The van der Waals surface area contributed by atoms with E-state index in [-0.39, 0.29) is 36.2 Å². The monoisotopic (exact) mass is 504 g/mol. The van der Waals surface area contributed by atoms with Gasteiger partial charge in [0.1, 0.15) is 0 Å². The highest BCUT2D eigenvalue weighted by Gasteiger charge is 2.16. The van der Waals surface area contributed by atoms with Gasteiger partial charge in [0.2, 0.25) is 11.8 Å². The molecule has 0 radical (unpaired) electrons. The Morgan fingerprint density at radius 3 is 1.18 bits per heavy atom. The minimum absolute atomic E-state index is 0.163. The second kappa shape index (κ2) is 12.9. The second-order valence-electron chi connectivity index (χ2n) is 8.78. The Hall–Kier alpha value is -4.84. The fourth-order valence-electron chi connectivity index (χ4n) is 4.07. The number of carbonyl (C=O) groups is 4. The smallest absolute Gasteiger partial charge is 0.224 e. The number of rotatable bonds is 11. The van der Waals surface area contributed by atoms with Crippen molar-refractivity contribution < 1.29 is 19.2 Å². The van der Waals surface area contributed by atoms with Gasteiger partial charge in [-0.3, -0.25) is 19.2 Å². The molecule has 0 unspecified atom stereocenters. The average molecular weight is 505 g/mol. The van der Waals surface area contributed by atoms with E-state index in [1.165, 1.54) is 0 Å². The van der Waals surface area contributed by atoms with Crippen molar-refractivity contribution in [3.05, 3.63) is 131 Å². The van der Waals surface area contributed by atoms with E-state index in [0.717, 1.165) is 0 Å². The molecular formula is C32H28N2O4. The van der Waals surface area contributed by atoms with Crippen molar-refractivity contribution in [3.63, 3.8) is 0 Å². The molecule has 6 heteroatoms. The van der Waals surface area contributed by atoms with Gasteiger partial charge in [0.15, 0.2) is 11.6 Å². The van der Waals surface area contributed by atoms with Crippen LogP contribution in [-0.4, -0.2) is 23.4 Å². The summed E-state index contributed by atoms with van der Waals surface area (Å²) in [5.74, 6) is -0.775. The quantitative estimate of drug-likeness (QED) is 0.186. The number of amides is 2. The minimum Gasteiger partial charge on any atom is -0.325 e. The summed E-state index contributed by atoms with van der Waals surface area (Å²) in [6.45, 7) is 0. The zero-order chi connectivity index (χ0) is 26.7. The normalized spacial score (nSPS) is 10.4. The summed E-state index contributed by atoms with van der Waals surface area (Å²) in [5, 5.41) is 5.65. The first kappa shape index (κ1) is 26.2. The maximum atomic E-state index is 12.9. The lowest BCUT2D eigenvalue weighted by atomic mass is 10.0. The number of ketones is 2. The van der Waals surface area contributed by atoms with Crippen molar-refractivity contribution in [2.45, 2.75) is 25.7 Å². The Morgan fingerprint density at radius 1 is 0.447 bits per heavy atom. The summed E-state index contributed by atoms with van der Waals surface area (Å²) < 4.78 is 0. The fraction of sp³-hybridized carbons (Fsp3) is 0.125. The van der Waals surface area contributed by atoms with Crippen LogP contribution in [0.4, 0.5) is 11.4 Å². The predicted molar refractivity (Wildman–Crippen MR) is 148 cm³/mol. The molecule has 0 spiro atoms. The standard InChI is InChI=1S/C32H28N2O4/c35-29(33-27-19-9-7-17-25(27)31(37)23-13-3-1-4-14-23)21-11-12-22-30(36)34-28-20-10-8-18-26(28)32(38)24-15-5-2-6-16-24/h1-10,13-20H,11-12,21-22H2,(H,33,35)(H,34,36). The van der Waals surface area contributed by atoms with Crippen LogP contribution in [0.5, 0.6) is 0 Å². The molecule has 0 aliphatic rings. The van der Waals surface area contributed by atoms with Crippen LogP contribution in [0.25, 0.3) is 0 Å². The molecule has 38 heavy (non-hydrogen) atoms. The lowest BCUT2D eigenvalue weighted by Crippen LogP contribution is -2.16. The molecule has 0 aliphatic carbocycles. The van der Waals surface area contributed by atoms with Crippen molar-refractivity contribution in [3.8, 4) is 0 Å². The van der Waals surface area contributed by atoms with Gasteiger partial charge in [0.25, 0.3) is 0 Å². The van der Waals surface area contributed by atoms with Gasteiger partial charge in [-0.15, -0.1) is 0 Å². The van der Waals surface area contributed by atoms with Gasteiger partial charge in [-0.2, -0.15) is 0 Å². The Balaban J connectivity index is 1.27. The minimum atomic E-state index is -0.225. The van der Waals surface area contributed by atoms with E-state index >= 15 is 0 Å². The molecule has 0 aliphatic heterocycles. The number of unbranched alkanes of at least 4 members (excludes halogenated alkanes) is 1. The summed E-state index contributed by atoms with van der Waals surface area (Å²) >= 11 is 0. The van der Waals surface area contributed by atoms with Gasteiger partial charge in [-0.1, -0.05) is 84.9 Å². The first-order valence-corrected chi connectivity index (χ1v) is 12.5. The molecule has 0 fully saturated rings. The van der Waals surface area contributed by atoms with E-state index in [4.69, 9.17) is 0 Å². The van der Waals surface area contributed by atoms with Crippen molar-refractivity contribution >= 4 is 34.8 Å². The van der Waals surface area contributed by atoms with Crippen LogP contribution in [0, 0.1) is 0 Å². The van der Waals surface area contributed by atoms with E-state index < -0.39 is 0 Å². The molecule has 0 saturated carbocycles. The number of benzene rings is 4. The number of anilines is 2. The highest BCUT2D eigenvalue weighted by molar-refractivity contribution is 6.14. The van der Waals surface area contributed by atoms with Crippen LogP contribution in [0.3, 0.4) is 0 Å². The van der Waals surface area contributed by atoms with Gasteiger partial charge in [-0.05, 0) is 37.1 Å². The summed E-state index contributed by atoms with van der Waals surface area (Å²) in [6.07, 6.45) is 1.42. The summed E-state index contributed by atoms with van der Waals surface area (Å²) in [7, 11) is 0. The summed E-state index contributed by atoms with van der Waals surface area (Å²) in [6, 6.07) is 31.7. The molecule has 4 aromatic carbocycles. The zero-order valence-electron chi connectivity index (χ0n) is 20.9. The van der Waals surface area contributed by atoms with Crippen LogP contribution in [0.15, 0.2) is 109 Å². The van der Waals surface area contributed by atoms with Crippen molar-refractivity contribution in [1.82, 2.24) is 0 Å². The van der Waals surface area contributed by atoms with Crippen LogP contribution in [0.2, 0.25) is 0 Å². The van der Waals surface area contributed by atoms with Crippen LogP contribution in [0.1, 0.15) is 57.5 Å². The molecule has 190 valence electrons.